The van der Waals surface area contributed by atoms with Gasteiger partial charge in [0, 0.05) is 35.5 Å². The molecule has 6 rings (SSSR count). The maximum absolute atomic E-state index is 13.4. The fraction of sp³-hybridized carbons (Fsp3) is 0.172. The number of hydrogen-bond acceptors (Lipinski definition) is 5. The van der Waals surface area contributed by atoms with Crippen LogP contribution in [0, 0.1) is 0 Å². The summed E-state index contributed by atoms with van der Waals surface area (Å²) in [7, 11) is 0. The van der Waals surface area contributed by atoms with Crippen LogP contribution in [0.15, 0.2) is 83.9 Å². The van der Waals surface area contributed by atoms with Crippen molar-refractivity contribution < 1.29 is 4.79 Å². The van der Waals surface area contributed by atoms with E-state index in [1.54, 1.807) is 12.4 Å². The molecule has 0 unspecified atom stereocenters. The van der Waals surface area contributed by atoms with Crippen LogP contribution < -0.4 is 16.2 Å². The molecule has 9 heteroatoms. The van der Waals surface area contributed by atoms with Gasteiger partial charge in [-0.05, 0) is 47.7 Å². The summed E-state index contributed by atoms with van der Waals surface area (Å²) in [5.41, 5.74) is 5.25. The van der Waals surface area contributed by atoms with Crippen LogP contribution in [0.3, 0.4) is 0 Å². The van der Waals surface area contributed by atoms with Gasteiger partial charge in [-0.3, -0.25) is 19.1 Å². The number of nitrogens with one attached hydrogen (secondary N) is 3. The van der Waals surface area contributed by atoms with E-state index in [9.17, 15) is 9.59 Å². The number of rotatable bonds is 7. The number of amides is 1. The summed E-state index contributed by atoms with van der Waals surface area (Å²) in [6.45, 7) is 0.709. The first kappa shape index (κ1) is 23.9. The van der Waals surface area contributed by atoms with Crippen molar-refractivity contribution in [2.24, 2.45) is 0 Å². The molecule has 38 heavy (non-hydrogen) atoms. The van der Waals surface area contributed by atoms with Crippen molar-refractivity contribution in [2.75, 3.05) is 5.32 Å². The number of benzene rings is 2. The molecule has 0 aliphatic carbocycles. The van der Waals surface area contributed by atoms with E-state index in [0.29, 0.717) is 31.6 Å². The summed E-state index contributed by atoms with van der Waals surface area (Å²) in [5.74, 6) is -0.0990. The summed E-state index contributed by atoms with van der Waals surface area (Å²) >= 11 is 6.47. The largest absolute Gasteiger partial charge is 0.361 e. The summed E-state index contributed by atoms with van der Waals surface area (Å²) in [4.78, 5) is 38.3. The first-order valence-electron chi connectivity index (χ1n) is 12.5. The van der Waals surface area contributed by atoms with Gasteiger partial charge in [-0.2, -0.15) is 0 Å². The van der Waals surface area contributed by atoms with Crippen molar-refractivity contribution >= 4 is 34.2 Å². The van der Waals surface area contributed by atoms with Crippen LogP contribution in [0.25, 0.3) is 22.0 Å². The zero-order chi connectivity index (χ0) is 26.1. The standard InChI is InChI=1S/C29H25ClN6O2/c30-26-24-9-10-25(28(37)33-17-22-14-21-16-31-12-11-23(21)34-22)36(24)29(38)27(35-26)32-15-18-5-4-8-20(13-18)19-6-2-1-3-7-19/h1-8,11-14,16,25,34H,9-10,15,17H2,(H,32,35)(H,33,37)/t25-/m0/s1. The maximum Gasteiger partial charge on any atom is 0.294 e. The third-order valence-electron chi connectivity index (χ3n) is 6.85. The van der Waals surface area contributed by atoms with Crippen molar-refractivity contribution in [1.29, 1.82) is 0 Å². The van der Waals surface area contributed by atoms with E-state index >= 15 is 0 Å². The fourth-order valence-electron chi connectivity index (χ4n) is 4.97. The van der Waals surface area contributed by atoms with Crippen LogP contribution in [0.5, 0.6) is 0 Å². The monoisotopic (exact) mass is 524 g/mol. The Labute approximate surface area is 223 Å². The quantitative estimate of drug-likeness (QED) is 0.282. The van der Waals surface area contributed by atoms with Crippen LogP contribution in [0.2, 0.25) is 5.15 Å². The lowest BCUT2D eigenvalue weighted by Gasteiger charge is -2.16. The maximum atomic E-state index is 13.4. The fourth-order valence-corrected chi connectivity index (χ4v) is 5.24. The Morgan fingerprint density at radius 1 is 1.05 bits per heavy atom. The highest BCUT2D eigenvalue weighted by Crippen LogP contribution is 2.29. The van der Waals surface area contributed by atoms with Gasteiger partial charge in [-0.1, -0.05) is 60.1 Å². The van der Waals surface area contributed by atoms with E-state index in [1.807, 2.05) is 48.5 Å². The molecule has 190 valence electrons. The molecule has 1 atom stereocenters. The minimum Gasteiger partial charge on any atom is -0.361 e. The van der Waals surface area contributed by atoms with E-state index in [2.05, 4.69) is 43.8 Å². The molecular weight excluding hydrogens is 500 g/mol. The highest BCUT2D eigenvalue weighted by molar-refractivity contribution is 6.30. The number of carbonyl (C=O) groups is 1. The van der Waals surface area contributed by atoms with Gasteiger partial charge in [0.1, 0.15) is 6.04 Å². The molecule has 0 radical (unpaired) electrons. The van der Waals surface area contributed by atoms with Gasteiger partial charge in [0.05, 0.1) is 12.2 Å². The van der Waals surface area contributed by atoms with Gasteiger partial charge in [-0.15, -0.1) is 0 Å². The molecule has 0 spiro atoms. The Bertz CT molecular complexity index is 1660. The predicted octanol–water partition coefficient (Wildman–Crippen LogP) is 4.86. The molecule has 1 amide bonds. The Hall–Kier alpha value is -4.43. The van der Waals surface area contributed by atoms with Crippen molar-refractivity contribution in [1.82, 2.24) is 24.8 Å². The van der Waals surface area contributed by atoms with E-state index < -0.39 is 6.04 Å². The van der Waals surface area contributed by atoms with Crippen molar-refractivity contribution in [2.45, 2.75) is 32.0 Å². The highest BCUT2D eigenvalue weighted by Gasteiger charge is 2.32. The molecule has 0 bridgehead atoms. The Morgan fingerprint density at radius 2 is 1.89 bits per heavy atom. The predicted molar refractivity (Wildman–Crippen MR) is 148 cm³/mol. The summed E-state index contributed by atoms with van der Waals surface area (Å²) < 4.78 is 1.49. The number of pyridine rings is 1. The van der Waals surface area contributed by atoms with Crippen LogP contribution in [-0.2, 0) is 24.3 Å². The van der Waals surface area contributed by atoms with Gasteiger partial charge in [0.15, 0.2) is 11.0 Å². The van der Waals surface area contributed by atoms with Gasteiger partial charge in [-0.25, -0.2) is 4.98 Å². The zero-order valence-electron chi connectivity index (χ0n) is 20.4. The number of aromatic nitrogens is 4. The number of carbonyl (C=O) groups excluding carboxylic acids is 1. The summed E-state index contributed by atoms with van der Waals surface area (Å²) in [6.07, 6.45) is 4.48. The summed E-state index contributed by atoms with van der Waals surface area (Å²) in [5, 5.41) is 7.31. The lowest BCUT2D eigenvalue weighted by molar-refractivity contribution is -0.124. The zero-order valence-corrected chi connectivity index (χ0v) is 21.2. The number of H-pyrrole nitrogens is 1. The molecule has 1 aliphatic rings. The molecule has 0 saturated carbocycles. The van der Waals surface area contributed by atoms with E-state index in [0.717, 1.165) is 33.3 Å². The number of anilines is 1. The number of hydrogen-bond donors (Lipinski definition) is 3. The summed E-state index contributed by atoms with van der Waals surface area (Å²) in [6, 6.07) is 21.4. The van der Waals surface area contributed by atoms with Gasteiger partial charge in [0.25, 0.3) is 5.56 Å². The number of halogens is 1. The van der Waals surface area contributed by atoms with E-state index in [-0.39, 0.29) is 22.4 Å². The molecule has 8 nitrogen and oxygen atoms in total. The van der Waals surface area contributed by atoms with Gasteiger partial charge < -0.3 is 15.6 Å². The average Bonchev–Trinajstić information content (AvgIpc) is 3.59. The number of fused-ring (bicyclic) bond motifs is 2. The van der Waals surface area contributed by atoms with Crippen molar-refractivity contribution in [3.8, 4) is 11.1 Å². The molecule has 3 N–H and O–H groups in total. The number of aromatic amines is 1. The Balaban J connectivity index is 1.18. The lowest BCUT2D eigenvalue weighted by atomic mass is 10.0. The Kier molecular flexibility index (Phi) is 6.39. The van der Waals surface area contributed by atoms with Crippen molar-refractivity contribution in [3.63, 3.8) is 0 Å². The van der Waals surface area contributed by atoms with Crippen LogP contribution >= 0.6 is 11.6 Å². The number of nitrogens with zero attached hydrogens (tertiary/aromatic N) is 3. The van der Waals surface area contributed by atoms with Crippen LogP contribution in [0.4, 0.5) is 5.82 Å². The molecule has 4 heterocycles. The average molecular weight is 525 g/mol. The molecule has 0 saturated heterocycles. The Morgan fingerprint density at radius 3 is 2.74 bits per heavy atom. The molecular formula is C29H25ClN6O2. The minimum absolute atomic E-state index is 0.131. The van der Waals surface area contributed by atoms with Crippen LogP contribution in [-0.4, -0.2) is 25.4 Å². The SMILES string of the molecule is O=C(NCc1cc2cnccc2[nH]1)[C@@H]1CCc2c(Cl)nc(NCc3cccc(-c4ccccc4)c3)c(=O)n21. The van der Waals surface area contributed by atoms with E-state index in [4.69, 9.17) is 11.6 Å². The van der Waals surface area contributed by atoms with Gasteiger partial charge >= 0.3 is 0 Å². The molecule has 2 aromatic carbocycles. The van der Waals surface area contributed by atoms with Crippen LogP contribution in [0.1, 0.15) is 29.4 Å². The lowest BCUT2D eigenvalue weighted by Crippen LogP contribution is -2.36. The second kappa shape index (κ2) is 10.1. The normalized spacial score (nSPS) is 14.4. The minimum atomic E-state index is -0.647. The highest BCUT2D eigenvalue weighted by atomic mass is 35.5. The van der Waals surface area contributed by atoms with Crippen molar-refractivity contribution in [3.05, 3.63) is 112 Å². The molecule has 3 aromatic heterocycles. The second-order valence-electron chi connectivity index (χ2n) is 9.32. The third kappa shape index (κ3) is 4.66. The second-order valence-corrected chi connectivity index (χ2v) is 9.68. The third-order valence-corrected chi connectivity index (χ3v) is 7.16. The molecule has 1 aliphatic heterocycles. The first-order valence-corrected chi connectivity index (χ1v) is 12.8. The molecule has 5 aromatic rings. The van der Waals surface area contributed by atoms with E-state index in [1.165, 1.54) is 4.57 Å². The van der Waals surface area contributed by atoms with Gasteiger partial charge in [0.2, 0.25) is 5.91 Å². The molecule has 0 fully saturated rings. The first-order chi connectivity index (χ1) is 18.6. The smallest absolute Gasteiger partial charge is 0.294 e. The topological polar surface area (TPSA) is 105 Å².